The van der Waals surface area contributed by atoms with Crippen molar-refractivity contribution in [1.29, 1.82) is 0 Å². The molecule has 18 heavy (non-hydrogen) atoms. The first-order valence-electron chi connectivity index (χ1n) is 4.50. The van der Waals surface area contributed by atoms with Gasteiger partial charge in [-0.2, -0.15) is 26.3 Å². The maximum absolute atomic E-state index is 13.4. The van der Waals surface area contributed by atoms with E-state index in [1.165, 1.54) is 0 Å². The minimum Gasteiger partial charge on any atom is -0.253 e. The van der Waals surface area contributed by atoms with Gasteiger partial charge in [0, 0.05) is 0 Å². The third kappa shape index (κ3) is 5.96. The summed E-state index contributed by atoms with van der Waals surface area (Å²) in [5.41, 5.74) is 0. The first-order chi connectivity index (χ1) is 7.57. The molecule has 0 bridgehead atoms. The Kier molecular flexibility index (Phi) is 4.82. The molecule has 0 spiro atoms. The molecular formula is C8H10F8OS. The van der Waals surface area contributed by atoms with Crippen LogP contribution in [0.3, 0.4) is 0 Å². The van der Waals surface area contributed by atoms with Crippen LogP contribution in [-0.4, -0.2) is 26.6 Å². The lowest BCUT2D eigenvalue weighted by Crippen LogP contribution is -2.43. The van der Waals surface area contributed by atoms with Crippen LogP contribution in [0.4, 0.5) is 35.1 Å². The number of hydrogen-bond donors (Lipinski definition) is 0. The Morgan fingerprint density at radius 2 is 0.944 bits per heavy atom. The summed E-state index contributed by atoms with van der Waals surface area (Å²) in [6.07, 6.45) is -14.8. The Morgan fingerprint density at radius 3 is 1.11 bits per heavy atom. The molecule has 0 radical (unpaired) electrons. The van der Waals surface area contributed by atoms with Crippen molar-refractivity contribution in [3.05, 3.63) is 0 Å². The highest BCUT2D eigenvalue weighted by Gasteiger charge is 2.54. The Hall–Kier alpha value is -0.410. The number of alkyl halides is 8. The molecule has 0 aromatic rings. The maximum atomic E-state index is 13.4. The van der Waals surface area contributed by atoms with Gasteiger partial charge in [-0.15, -0.1) is 0 Å². The van der Waals surface area contributed by atoms with Crippen LogP contribution in [0.2, 0.25) is 0 Å². The van der Waals surface area contributed by atoms with E-state index >= 15 is 0 Å². The number of rotatable bonds is 4. The second-order valence-corrected chi connectivity index (χ2v) is 6.30. The van der Waals surface area contributed by atoms with Crippen molar-refractivity contribution in [1.82, 2.24) is 0 Å². The second kappa shape index (κ2) is 4.93. The molecule has 0 aliphatic carbocycles. The highest BCUT2D eigenvalue weighted by molar-refractivity contribution is 7.87. The lowest BCUT2D eigenvalue weighted by Gasteiger charge is -2.29. The molecule has 0 aliphatic heterocycles. The summed E-state index contributed by atoms with van der Waals surface area (Å²) >= 11 is 0. The van der Waals surface area contributed by atoms with Gasteiger partial charge in [0.25, 0.3) is 0 Å². The third-order valence-electron chi connectivity index (χ3n) is 1.81. The van der Waals surface area contributed by atoms with Crippen molar-refractivity contribution >= 4 is 10.8 Å². The topological polar surface area (TPSA) is 17.1 Å². The van der Waals surface area contributed by atoms with E-state index in [1.807, 2.05) is 0 Å². The number of hydrogen-bond acceptors (Lipinski definition) is 1. The van der Waals surface area contributed by atoms with Gasteiger partial charge < -0.3 is 0 Å². The van der Waals surface area contributed by atoms with Gasteiger partial charge in [-0.3, -0.25) is 4.21 Å². The van der Waals surface area contributed by atoms with Crippen molar-refractivity contribution in [3.8, 4) is 0 Å². The summed E-state index contributed by atoms with van der Waals surface area (Å²) in [7, 11) is -3.61. The molecular weight excluding hydrogens is 296 g/mol. The Morgan fingerprint density at radius 1 is 0.722 bits per heavy atom. The average molecular weight is 306 g/mol. The van der Waals surface area contributed by atoms with E-state index in [2.05, 4.69) is 0 Å². The molecule has 0 saturated heterocycles. The third-order valence-corrected chi connectivity index (χ3v) is 3.64. The molecule has 0 amide bonds. The first-order valence-corrected chi connectivity index (χ1v) is 5.65. The van der Waals surface area contributed by atoms with Crippen LogP contribution in [0.15, 0.2) is 0 Å². The van der Waals surface area contributed by atoms with Gasteiger partial charge >= 0.3 is 12.4 Å². The summed E-state index contributed by atoms with van der Waals surface area (Å²) in [6.45, 7) is 0.315. The molecule has 0 aromatic heterocycles. The summed E-state index contributed by atoms with van der Waals surface area (Å²) in [6, 6.07) is 0. The molecule has 0 heterocycles. The minimum absolute atomic E-state index is 0.158. The van der Waals surface area contributed by atoms with Gasteiger partial charge in [-0.25, -0.2) is 8.78 Å². The summed E-state index contributed by atoms with van der Waals surface area (Å²) in [5.74, 6) is 0. The van der Waals surface area contributed by atoms with E-state index in [9.17, 15) is 39.3 Å². The van der Waals surface area contributed by atoms with Crippen molar-refractivity contribution in [2.45, 2.75) is 49.0 Å². The van der Waals surface area contributed by atoms with Crippen molar-refractivity contribution in [3.63, 3.8) is 0 Å². The Bertz CT molecular complexity index is 286. The fourth-order valence-electron chi connectivity index (χ4n) is 1.29. The minimum atomic E-state index is -5.10. The molecule has 110 valence electrons. The molecule has 1 nitrogen and oxygen atoms in total. The maximum Gasteiger partial charge on any atom is 0.393 e. The van der Waals surface area contributed by atoms with Gasteiger partial charge in [-0.05, 0) is 13.8 Å². The van der Waals surface area contributed by atoms with Crippen LogP contribution in [0.25, 0.3) is 0 Å². The van der Waals surface area contributed by atoms with Crippen LogP contribution in [0.5, 0.6) is 0 Å². The van der Waals surface area contributed by atoms with Crippen LogP contribution in [0, 0.1) is 0 Å². The zero-order chi connectivity index (χ0) is 15.0. The predicted octanol–water partition coefficient (Wildman–Crippen LogP) is 4.01. The Balaban J connectivity index is 5.02. The van der Waals surface area contributed by atoms with Gasteiger partial charge in [-0.1, -0.05) is 0 Å². The quantitative estimate of drug-likeness (QED) is 0.717. The molecule has 0 saturated carbocycles. The highest BCUT2D eigenvalue weighted by Crippen LogP contribution is 2.41. The van der Waals surface area contributed by atoms with E-state index < -0.39 is 46.0 Å². The lowest BCUT2D eigenvalue weighted by molar-refractivity contribution is -0.152. The van der Waals surface area contributed by atoms with Crippen LogP contribution in [0.1, 0.15) is 26.7 Å². The fraction of sp³-hybridized carbons (Fsp3) is 1.00. The fourth-order valence-corrected chi connectivity index (χ4v) is 2.77. The average Bonchev–Trinajstić information content (AvgIpc) is 1.92. The lowest BCUT2D eigenvalue weighted by atomic mass is 10.3. The zero-order valence-corrected chi connectivity index (χ0v) is 10.1. The van der Waals surface area contributed by atoms with Gasteiger partial charge in [0.15, 0.2) is 10.0 Å². The van der Waals surface area contributed by atoms with Gasteiger partial charge in [0.2, 0.25) is 0 Å². The van der Waals surface area contributed by atoms with Gasteiger partial charge in [0.05, 0.1) is 23.6 Å². The van der Waals surface area contributed by atoms with Crippen LogP contribution in [-0.2, 0) is 10.8 Å². The molecule has 0 N–H and O–H groups in total. The molecule has 0 fully saturated rings. The summed E-state index contributed by atoms with van der Waals surface area (Å²) < 4.78 is 110. The van der Waals surface area contributed by atoms with Gasteiger partial charge in [0.1, 0.15) is 0 Å². The van der Waals surface area contributed by atoms with E-state index in [-0.39, 0.29) is 13.8 Å². The molecule has 0 aromatic carbocycles. The van der Waals surface area contributed by atoms with Crippen molar-refractivity contribution < 1.29 is 39.3 Å². The second-order valence-electron chi connectivity index (χ2n) is 4.06. The number of halogens is 8. The van der Waals surface area contributed by atoms with Crippen LogP contribution < -0.4 is 0 Å². The zero-order valence-electron chi connectivity index (χ0n) is 9.25. The Labute approximate surface area is 100.0 Å². The van der Waals surface area contributed by atoms with Crippen LogP contribution >= 0.6 is 0 Å². The molecule has 2 atom stereocenters. The van der Waals surface area contributed by atoms with E-state index in [0.717, 1.165) is 0 Å². The molecule has 0 rings (SSSR count). The predicted molar refractivity (Wildman–Crippen MR) is 48.5 cm³/mol. The van der Waals surface area contributed by atoms with Crippen molar-refractivity contribution in [2.24, 2.45) is 0 Å². The monoisotopic (exact) mass is 306 g/mol. The SMILES string of the molecule is CC(F)(CC(F)(F)F)S(=O)C(C)(F)CC(F)(F)F. The normalized spacial score (nSPS) is 22.1. The summed E-state index contributed by atoms with van der Waals surface area (Å²) in [5, 5.41) is -7.26. The van der Waals surface area contributed by atoms with E-state index in [1.54, 1.807) is 0 Å². The molecule has 10 heteroatoms. The first kappa shape index (κ1) is 17.6. The molecule has 0 aliphatic rings. The smallest absolute Gasteiger partial charge is 0.253 e. The van der Waals surface area contributed by atoms with E-state index in [0.29, 0.717) is 0 Å². The largest absolute Gasteiger partial charge is 0.393 e. The summed E-state index contributed by atoms with van der Waals surface area (Å²) in [4.78, 5) is 0. The molecule has 2 unspecified atom stereocenters. The highest BCUT2D eigenvalue weighted by atomic mass is 32.2. The standard InChI is InChI=1S/C8H10F8OS/c1-5(9,3-7(11,12)13)18(17)6(2,10)4-8(14,15)16/h3-4H2,1-2H3. The van der Waals surface area contributed by atoms with Crippen molar-refractivity contribution in [2.75, 3.05) is 0 Å². The van der Waals surface area contributed by atoms with E-state index in [4.69, 9.17) is 0 Å².